The molecule has 2 saturated heterocycles. The van der Waals surface area contributed by atoms with Crippen molar-refractivity contribution in [3.63, 3.8) is 0 Å². The highest BCUT2D eigenvalue weighted by Gasteiger charge is 2.27. The van der Waals surface area contributed by atoms with E-state index in [1.807, 2.05) is 13.0 Å². The highest BCUT2D eigenvalue weighted by Crippen LogP contribution is 2.38. The molecule has 144 valence electrons. The van der Waals surface area contributed by atoms with Crippen molar-refractivity contribution >= 4 is 23.4 Å². The lowest BCUT2D eigenvalue weighted by molar-refractivity contribution is 0.595. The zero-order chi connectivity index (χ0) is 18.8. The second-order valence-corrected chi connectivity index (χ2v) is 8.12. The lowest BCUT2D eigenvalue weighted by atomic mass is 9.97. The number of aromatic nitrogens is 2. The van der Waals surface area contributed by atoms with Crippen LogP contribution in [0.1, 0.15) is 67.4 Å². The van der Waals surface area contributed by atoms with Crippen LogP contribution in [-0.4, -0.2) is 23.1 Å². The van der Waals surface area contributed by atoms with Gasteiger partial charge in [-0.3, -0.25) is 0 Å². The van der Waals surface area contributed by atoms with Gasteiger partial charge in [0.05, 0.1) is 6.04 Å². The van der Waals surface area contributed by atoms with Gasteiger partial charge in [0.25, 0.3) is 0 Å². The average Bonchev–Trinajstić information content (AvgIpc) is 3.06. The Kier molecular flexibility index (Phi) is 5.50. The second-order valence-electron chi connectivity index (χ2n) is 7.71. The number of rotatable bonds is 3. The third kappa shape index (κ3) is 4.04. The van der Waals surface area contributed by atoms with Crippen molar-refractivity contribution in [3.8, 4) is 0 Å². The summed E-state index contributed by atoms with van der Waals surface area (Å²) in [5.74, 6) is 1.24. The van der Waals surface area contributed by atoms with E-state index in [-0.39, 0.29) is 6.04 Å². The van der Waals surface area contributed by atoms with E-state index in [0.29, 0.717) is 12.0 Å². The van der Waals surface area contributed by atoms with Crippen molar-refractivity contribution in [1.29, 1.82) is 0 Å². The molecule has 2 aromatic rings. The molecular weight excluding hydrogens is 358 g/mol. The monoisotopic (exact) mass is 385 g/mol. The smallest absolute Gasteiger partial charge is 0.222 e. The summed E-state index contributed by atoms with van der Waals surface area (Å²) in [7, 11) is 0. The molecule has 27 heavy (non-hydrogen) atoms. The Morgan fingerprint density at radius 1 is 1.11 bits per heavy atom. The SMILES string of the molecule is Cc1cc(N2CCCCCC2c2ccc(C3CCCN3)cc2Cl)nc(N)n1. The second kappa shape index (κ2) is 8.03. The van der Waals surface area contributed by atoms with Crippen molar-refractivity contribution in [2.75, 3.05) is 23.7 Å². The summed E-state index contributed by atoms with van der Waals surface area (Å²) in [5.41, 5.74) is 9.31. The van der Waals surface area contributed by atoms with Crippen molar-refractivity contribution in [2.24, 2.45) is 0 Å². The maximum Gasteiger partial charge on any atom is 0.222 e. The summed E-state index contributed by atoms with van der Waals surface area (Å²) in [6.45, 7) is 4.02. The van der Waals surface area contributed by atoms with Gasteiger partial charge in [0.1, 0.15) is 5.82 Å². The quantitative estimate of drug-likeness (QED) is 0.810. The van der Waals surface area contributed by atoms with Gasteiger partial charge in [0, 0.05) is 29.4 Å². The molecule has 0 saturated carbocycles. The standard InChI is InChI=1S/C21H28ClN5/c1-14-12-20(26-21(23)25-14)27-11-4-2-3-7-19(27)16-9-8-15(13-17(16)22)18-6-5-10-24-18/h8-9,12-13,18-19,24H,2-7,10-11H2,1H3,(H2,23,25,26). The van der Waals surface area contributed by atoms with Crippen LogP contribution < -0.4 is 16.0 Å². The molecule has 5 nitrogen and oxygen atoms in total. The molecule has 0 radical (unpaired) electrons. The minimum Gasteiger partial charge on any atom is -0.368 e. The fourth-order valence-electron chi connectivity index (χ4n) is 4.43. The first kappa shape index (κ1) is 18.5. The van der Waals surface area contributed by atoms with E-state index in [1.54, 1.807) is 0 Å². The van der Waals surface area contributed by atoms with Gasteiger partial charge in [-0.15, -0.1) is 0 Å². The Labute approximate surface area is 166 Å². The molecule has 2 aliphatic rings. The molecule has 0 aliphatic carbocycles. The van der Waals surface area contributed by atoms with E-state index in [0.717, 1.165) is 42.5 Å². The van der Waals surface area contributed by atoms with Crippen LogP contribution in [0.4, 0.5) is 11.8 Å². The number of nitrogens with one attached hydrogen (secondary N) is 1. The van der Waals surface area contributed by atoms with Crippen LogP contribution in [-0.2, 0) is 0 Å². The van der Waals surface area contributed by atoms with Crippen LogP contribution in [0.3, 0.4) is 0 Å². The van der Waals surface area contributed by atoms with Gasteiger partial charge in [0.15, 0.2) is 0 Å². The zero-order valence-electron chi connectivity index (χ0n) is 15.9. The van der Waals surface area contributed by atoms with Crippen LogP contribution in [0.15, 0.2) is 24.3 Å². The minimum absolute atomic E-state index is 0.222. The molecule has 2 fully saturated rings. The van der Waals surface area contributed by atoms with Gasteiger partial charge < -0.3 is 16.0 Å². The maximum atomic E-state index is 6.80. The number of hydrogen-bond donors (Lipinski definition) is 2. The molecule has 3 heterocycles. The Hall–Kier alpha value is -1.85. The predicted octanol–water partition coefficient (Wildman–Crippen LogP) is 4.57. The highest BCUT2D eigenvalue weighted by atomic mass is 35.5. The minimum atomic E-state index is 0.222. The third-order valence-corrected chi connectivity index (χ3v) is 6.08. The number of aryl methyl sites for hydroxylation is 1. The fraction of sp³-hybridized carbons (Fsp3) is 0.524. The molecule has 0 bridgehead atoms. The fourth-order valence-corrected chi connectivity index (χ4v) is 4.74. The molecule has 6 heteroatoms. The van der Waals surface area contributed by atoms with Crippen LogP contribution in [0, 0.1) is 6.92 Å². The summed E-state index contributed by atoms with van der Waals surface area (Å²) in [5, 5.41) is 4.41. The van der Waals surface area contributed by atoms with Crippen LogP contribution in [0.5, 0.6) is 0 Å². The topological polar surface area (TPSA) is 67.1 Å². The van der Waals surface area contributed by atoms with Crippen molar-refractivity contribution in [3.05, 3.63) is 46.1 Å². The summed E-state index contributed by atoms with van der Waals surface area (Å²) >= 11 is 6.80. The molecule has 2 atom stereocenters. The normalized spacial score (nSPS) is 23.4. The summed E-state index contributed by atoms with van der Waals surface area (Å²) in [4.78, 5) is 11.1. The first-order valence-electron chi connectivity index (χ1n) is 10.0. The van der Waals surface area contributed by atoms with E-state index in [2.05, 4.69) is 38.4 Å². The molecule has 1 aromatic heterocycles. The first-order chi connectivity index (χ1) is 13.1. The Morgan fingerprint density at radius 2 is 2.00 bits per heavy atom. The summed E-state index contributed by atoms with van der Waals surface area (Å²) in [6.07, 6.45) is 7.07. The number of benzene rings is 1. The van der Waals surface area contributed by atoms with Crippen LogP contribution in [0.25, 0.3) is 0 Å². The Bertz CT molecular complexity index is 783. The maximum absolute atomic E-state index is 6.80. The van der Waals surface area contributed by atoms with Gasteiger partial charge in [-0.1, -0.05) is 36.6 Å². The van der Waals surface area contributed by atoms with Gasteiger partial charge >= 0.3 is 0 Å². The lowest BCUT2D eigenvalue weighted by Gasteiger charge is -2.32. The lowest BCUT2D eigenvalue weighted by Crippen LogP contribution is -2.30. The van der Waals surface area contributed by atoms with Gasteiger partial charge in [-0.05, 0) is 56.3 Å². The highest BCUT2D eigenvalue weighted by molar-refractivity contribution is 6.31. The molecule has 4 rings (SSSR count). The Balaban J connectivity index is 1.68. The number of anilines is 2. The third-order valence-electron chi connectivity index (χ3n) is 5.75. The number of halogens is 1. The van der Waals surface area contributed by atoms with Crippen molar-refractivity contribution < 1.29 is 0 Å². The van der Waals surface area contributed by atoms with Crippen LogP contribution in [0.2, 0.25) is 5.02 Å². The van der Waals surface area contributed by atoms with Crippen molar-refractivity contribution in [1.82, 2.24) is 15.3 Å². The van der Waals surface area contributed by atoms with E-state index in [1.165, 1.54) is 36.8 Å². The van der Waals surface area contributed by atoms with E-state index >= 15 is 0 Å². The number of nitrogens with zero attached hydrogens (tertiary/aromatic N) is 3. The molecule has 0 amide bonds. The number of nitrogen functional groups attached to an aromatic ring is 1. The predicted molar refractivity (Wildman–Crippen MR) is 111 cm³/mol. The van der Waals surface area contributed by atoms with Crippen molar-refractivity contribution in [2.45, 2.75) is 57.5 Å². The van der Waals surface area contributed by atoms with Gasteiger partial charge in [-0.25, -0.2) is 4.98 Å². The molecule has 1 aromatic carbocycles. The molecule has 0 spiro atoms. The zero-order valence-corrected chi connectivity index (χ0v) is 16.7. The average molecular weight is 386 g/mol. The van der Waals surface area contributed by atoms with E-state index in [9.17, 15) is 0 Å². The van der Waals surface area contributed by atoms with E-state index in [4.69, 9.17) is 17.3 Å². The van der Waals surface area contributed by atoms with Gasteiger partial charge in [-0.2, -0.15) is 4.98 Å². The molecular formula is C21H28ClN5. The Morgan fingerprint density at radius 3 is 2.74 bits per heavy atom. The molecule has 2 aliphatic heterocycles. The molecule has 2 unspecified atom stereocenters. The first-order valence-corrected chi connectivity index (χ1v) is 10.4. The van der Waals surface area contributed by atoms with E-state index < -0.39 is 0 Å². The summed E-state index contributed by atoms with van der Waals surface area (Å²) < 4.78 is 0. The largest absolute Gasteiger partial charge is 0.368 e. The van der Waals surface area contributed by atoms with Gasteiger partial charge in [0.2, 0.25) is 5.95 Å². The number of nitrogens with two attached hydrogens (primary N) is 1. The van der Waals surface area contributed by atoms with Crippen LogP contribution >= 0.6 is 11.6 Å². The summed E-state index contributed by atoms with van der Waals surface area (Å²) in [6, 6.07) is 9.30. The number of hydrogen-bond acceptors (Lipinski definition) is 5. The molecule has 3 N–H and O–H groups in total.